The van der Waals surface area contributed by atoms with Crippen LogP contribution < -0.4 is 4.74 Å². The smallest absolute Gasteiger partial charge is 0.156 e. The average molecular weight is 354 g/mol. The van der Waals surface area contributed by atoms with Crippen LogP contribution in [-0.4, -0.2) is 24.2 Å². The SMILES string of the molecule is CCN(CC)C1Cc2cc(F)cc(-c3ccc(Cl)cc3Cl)c2O1. The van der Waals surface area contributed by atoms with E-state index in [2.05, 4.69) is 18.7 Å². The summed E-state index contributed by atoms with van der Waals surface area (Å²) in [7, 11) is 0. The maximum atomic E-state index is 14.1. The highest BCUT2D eigenvalue weighted by molar-refractivity contribution is 6.36. The second kappa shape index (κ2) is 6.68. The summed E-state index contributed by atoms with van der Waals surface area (Å²) in [4.78, 5) is 2.21. The van der Waals surface area contributed by atoms with Crippen molar-refractivity contribution in [2.24, 2.45) is 0 Å². The van der Waals surface area contributed by atoms with Gasteiger partial charge in [0.05, 0.1) is 5.02 Å². The Labute approximate surface area is 145 Å². The van der Waals surface area contributed by atoms with Gasteiger partial charge < -0.3 is 4.74 Å². The van der Waals surface area contributed by atoms with E-state index >= 15 is 0 Å². The zero-order chi connectivity index (χ0) is 16.6. The molecule has 0 amide bonds. The van der Waals surface area contributed by atoms with Crippen LogP contribution in [0, 0.1) is 5.82 Å². The molecule has 122 valence electrons. The topological polar surface area (TPSA) is 12.5 Å². The second-order valence-corrected chi connectivity index (χ2v) is 6.41. The number of benzene rings is 2. The number of hydrogen-bond donors (Lipinski definition) is 0. The molecule has 1 unspecified atom stereocenters. The van der Waals surface area contributed by atoms with Crippen molar-refractivity contribution in [1.29, 1.82) is 0 Å². The van der Waals surface area contributed by atoms with Crippen molar-refractivity contribution in [3.8, 4) is 16.9 Å². The van der Waals surface area contributed by atoms with Crippen LogP contribution in [0.5, 0.6) is 5.75 Å². The molecule has 1 heterocycles. The summed E-state index contributed by atoms with van der Waals surface area (Å²) in [6.45, 7) is 5.95. The molecule has 0 spiro atoms. The number of hydrogen-bond acceptors (Lipinski definition) is 2. The largest absolute Gasteiger partial charge is 0.474 e. The molecule has 0 aliphatic carbocycles. The standard InChI is InChI=1S/C18H18Cl2FNO/c1-3-22(4-2)17-8-11-7-13(21)10-15(18(11)23-17)14-6-5-12(19)9-16(14)20/h5-7,9-10,17H,3-4,8H2,1-2H3. The van der Waals surface area contributed by atoms with Crippen LogP contribution in [0.25, 0.3) is 11.1 Å². The van der Waals surface area contributed by atoms with Gasteiger partial charge in [-0.2, -0.15) is 0 Å². The van der Waals surface area contributed by atoms with E-state index in [0.29, 0.717) is 27.8 Å². The summed E-state index contributed by atoms with van der Waals surface area (Å²) in [5, 5.41) is 1.04. The van der Waals surface area contributed by atoms with Crippen molar-refractivity contribution in [1.82, 2.24) is 4.90 Å². The van der Waals surface area contributed by atoms with Gasteiger partial charge >= 0.3 is 0 Å². The molecular formula is C18H18Cl2FNO. The van der Waals surface area contributed by atoms with Crippen molar-refractivity contribution < 1.29 is 9.13 Å². The Bertz CT molecular complexity index is 731. The number of ether oxygens (including phenoxy) is 1. The highest BCUT2D eigenvalue weighted by atomic mass is 35.5. The molecule has 2 aromatic carbocycles. The Morgan fingerprint density at radius 2 is 1.87 bits per heavy atom. The fourth-order valence-electron chi connectivity index (χ4n) is 3.05. The molecule has 0 saturated carbocycles. The van der Waals surface area contributed by atoms with Gasteiger partial charge in [-0.25, -0.2) is 4.39 Å². The minimum Gasteiger partial charge on any atom is -0.474 e. The number of halogens is 3. The van der Waals surface area contributed by atoms with Gasteiger partial charge in [-0.15, -0.1) is 0 Å². The molecule has 23 heavy (non-hydrogen) atoms. The Balaban J connectivity index is 2.05. The molecule has 1 aliphatic heterocycles. The van der Waals surface area contributed by atoms with E-state index in [1.807, 2.05) is 0 Å². The Kier molecular flexibility index (Phi) is 4.81. The van der Waals surface area contributed by atoms with Crippen LogP contribution in [0.2, 0.25) is 10.0 Å². The van der Waals surface area contributed by atoms with Crippen LogP contribution in [-0.2, 0) is 6.42 Å². The van der Waals surface area contributed by atoms with Gasteiger partial charge in [-0.3, -0.25) is 4.90 Å². The lowest BCUT2D eigenvalue weighted by Gasteiger charge is -2.25. The third kappa shape index (κ3) is 3.18. The van der Waals surface area contributed by atoms with Crippen LogP contribution in [0.15, 0.2) is 30.3 Å². The first-order chi connectivity index (χ1) is 11.0. The molecule has 0 aromatic heterocycles. The van der Waals surface area contributed by atoms with Gasteiger partial charge in [-0.05, 0) is 37.4 Å². The number of fused-ring (bicyclic) bond motifs is 1. The highest BCUT2D eigenvalue weighted by Crippen LogP contribution is 2.43. The molecule has 5 heteroatoms. The van der Waals surface area contributed by atoms with Gasteiger partial charge in [-0.1, -0.05) is 43.1 Å². The lowest BCUT2D eigenvalue weighted by molar-refractivity contribution is 0.0518. The van der Waals surface area contributed by atoms with Gasteiger partial charge in [0.1, 0.15) is 11.6 Å². The van der Waals surface area contributed by atoms with Gasteiger partial charge in [0, 0.05) is 28.1 Å². The van der Waals surface area contributed by atoms with E-state index in [1.165, 1.54) is 6.07 Å². The zero-order valence-corrected chi connectivity index (χ0v) is 14.6. The molecular weight excluding hydrogens is 336 g/mol. The van der Waals surface area contributed by atoms with Crippen molar-refractivity contribution >= 4 is 23.2 Å². The van der Waals surface area contributed by atoms with E-state index in [0.717, 1.165) is 24.2 Å². The average Bonchev–Trinajstić information content (AvgIpc) is 2.91. The molecule has 0 radical (unpaired) electrons. The molecule has 1 aliphatic rings. The van der Waals surface area contributed by atoms with E-state index in [4.69, 9.17) is 27.9 Å². The van der Waals surface area contributed by atoms with Crippen molar-refractivity contribution in [2.45, 2.75) is 26.5 Å². The molecule has 1 atom stereocenters. The van der Waals surface area contributed by atoms with Crippen molar-refractivity contribution in [2.75, 3.05) is 13.1 Å². The highest BCUT2D eigenvalue weighted by Gasteiger charge is 2.30. The summed E-state index contributed by atoms with van der Waals surface area (Å²) in [5.74, 6) is 0.432. The van der Waals surface area contributed by atoms with E-state index in [-0.39, 0.29) is 12.0 Å². The lowest BCUT2D eigenvalue weighted by Crippen LogP contribution is -2.38. The van der Waals surface area contributed by atoms with E-state index < -0.39 is 0 Å². The van der Waals surface area contributed by atoms with E-state index in [1.54, 1.807) is 24.3 Å². The monoisotopic (exact) mass is 353 g/mol. The summed E-state index contributed by atoms with van der Waals surface area (Å²) in [5.41, 5.74) is 2.28. The van der Waals surface area contributed by atoms with Crippen LogP contribution in [0.4, 0.5) is 4.39 Å². The fourth-order valence-corrected chi connectivity index (χ4v) is 3.56. The molecule has 0 bridgehead atoms. The molecule has 0 saturated heterocycles. The molecule has 0 fully saturated rings. The number of nitrogens with zero attached hydrogens (tertiary/aromatic N) is 1. The second-order valence-electron chi connectivity index (χ2n) is 5.56. The first-order valence-electron chi connectivity index (χ1n) is 7.72. The third-order valence-electron chi connectivity index (χ3n) is 4.22. The van der Waals surface area contributed by atoms with Crippen LogP contribution in [0.3, 0.4) is 0 Å². The minimum absolute atomic E-state index is 0.0633. The quantitative estimate of drug-likeness (QED) is 0.729. The minimum atomic E-state index is -0.284. The number of rotatable bonds is 4. The normalized spacial score (nSPS) is 16.5. The van der Waals surface area contributed by atoms with Crippen LogP contribution >= 0.6 is 23.2 Å². The van der Waals surface area contributed by atoms with Gasteiger partial charge in [0.2, 0.25) is 0 Å². The summed E-state index contributed by atoms with van der Waals surface area (Å²) in [6, 6.07) is 8.22. The molecule has 2 aromatic rings. The predicted molar refractivity (Wildman–Crippen MR) is 92.9 cm³/mol. The Hall–Kier alpha value is -1.29. The zero-order valence-electron chi connectivity index (χ0n) is 13.1. The third-order valence-corrected chi connectivity index (χ3v) is 4.77. The summed E-state index contributed by atoms with van der Waals surface area (Å²) < 4.78 is 20.2. The molecule has 3 rings (SSSR count). The number of likely N-dealkylation sites (N-methyl/N-ethyl adjacent to an activating group) is 1. The van der Waals surface area contributed by atoms with Gasteiger partial charge in [0.25, 0.3) is 0 Å². The first-order valence-corrected chi connectivity index (χ1v) is 8.47. The maximum absolute atomic E-state index is 14.1. The summed E-state index contributed by atoms with van der Waals surface area (Å²) in [6.07, 6.45) is 0.610. The van der Waals surface area contributed by atoms with Crippen LogP contribution in [0.1, 0.15) is 19.4 Å². The summed E-state index contributed by atoms with van der Waals surface area (Å²) >= 11 is 12.3. The first kappa shape index (κ1) is 16.6. The lowest BCUT2D eigenvalue weighted by atomic mass is 10.0. The van der Waals surface area contributed by atoms with E-state index in [9.17, 15) is 4.39 Å². The molecule has 0 N–H and O–H groups in total. The van der Waals surface area contributed by atoms with Crippen molar-refractivity contribution in [3.05, 3.63) is 51.8 Å². The van der Waals surface area contributed by atoms with Gasteiger partial charge in [0.15, 0.2) is 6.23 Å². The van der Waals surface area contributed by atoms with Crippen molar-refractivity contribution in [3.63, 3.8) is 0 Å². The Morgan fingerprint density at radius 3 is 2.52 bits per heavy atom. The predicted octanol–water partition coefficient (Wildman–Crippen LogP) is 5.40. The Morgan fingerprint density at radius 1 is 1.13 bits per heavy atom. The maximum Gasteiger partial charge on any atom is 0.156 e. The molecule has 2 nitrogen and oxygen atoms in total. The fraction of sp³-hybridized carbons (Fsp3) is 0.333.